The van der Waals surface area contributed by atoms with Crippen molar-refractivity contribution in [3.8, 4) is 22.8 Å². The molecule has 1 atom stereocenters. The molecule has 0 saturated carbocycles. The molecular formula is C17H21N3O4. The van der Waals surface area contributed by atoms with E-state index in [-0.39, 0.29) is 25.3 Å². The number of benzene rings is 1. The number of nitrogens with one attached hydrogen (secondary N) is 2. The number of nitrogens with zero attached hydrogens (tertiary/aromatic N) is 1. The van der Waals surface area contributed by atoms with Gasteiger partial charge in [0.2, 0.25) is 12.7 Å². The molecule has 0 fully saturated rings. The lowest BCUT2D eigenvalue weighted by Gasteiger charge is -2.15. The second-order valence-electron chi connectivity index (χ2n) is 5.59. The van der Waals surface area contributed by atoms with Crippen LogP contribution in [0.4, 0.5) is 0 Å². The summed E-state index contributed by atoms with van der Waals surface area (Å²) < 4.78 is 15.6. The maximum absolute atomic E-state index is 11.8. The number of methoxy groups -OCH3 is 1. The first kappa shape index (κ1) is 16.3. The number of aromatic nitrogens is 2. The molecule has 0 aliphatic carbocycles. The smallest absolute Gasteiger partial charge is 0.246 e. The second kappa shape index (κ2) is 7.35. The molecule has 1 aliphatic heterocycles. The molecule has 0 bridgehead atoms. The summed E-state index contributed by atoms with van der Waals surface area (Å²) in [5.41, 5.74) is 1.82. The molecule has 0 spiro atoms. The van der Waals surface area contributed by atoms with Crippen molar-refractivity contribution in [2.45, 2.75) is 25.8 Å². The van der Waals surface area contributed by atoms with Gasteiger partial charge < -0.3 is 24.5 Å². The SMILES string of the molecule is CCC[C@H](NC(=O)COC)c1ncc(-c2ccc3c(c2)OCO3)[nH]1. The molecule has 1 aliphatic rings. The summed E-state index contributed by atoms with van der Waals surface area (Å²) in [6.07, 6.45) is 3.49. The number of aromatic amines is 1. The summed E-state index contributed by atoms with van der Waals surface area (Å²) in [6, 6.07) is 5.57. The average Bonchev–Trinajstić information content (AvgIpc) is 3.23. The number of H-pyrrole nitrogens is 1. The van der Waals surface area contributed by atoms with Crippen molar-refractivity contribution in [2.24, 2.45) is 0 Å². The molecule has 24 heavy (non-hydrogen) atoms. The summed E-state index contributed by atoms with van der Waals surface area (Å²) in [6.45, 7) is 2.35. The molecular weight excluding hydrogens is 310 g/mol. The highest BCUT2D eigenvalue weighted by molar-refractivity contribution is 5.77. The van der Waals surface area contributed by atoms with E-state index < -0.39 is 0 Å². The van der Waals surface area contributed by atoms with E-state index in [4.69, 9.17) is 14.2 Å². The standard InChI is InChI=1S/C17H21N3O4/c1-3-4-12(19-16(21)9-22-2)17-18-8-13(20-17)11-5-6-14-15(7-11)24-10-23-14/h5-8,12H,3-4,9-10H2,1-2H3,(H,18,20)(H,19,21)/t12-/m0/s1. The maximum atomic E-state index is 11.8. The number of ether oxygens (including phenoxy) is 3. The molecule has 7 heteroatoms. The molecule has 7 nitrogen and oxygen atoms in total. The first-order valence-corrected chi connectivity index (χ1v) is 7.94. The minimum Gasteiger partial charge on any atom is -0.454 e. The van der Waals surface area contributed by atoms with E-state index in [1.807, 2.05) is 18.2 Å². The van der Waals surface area contributed by atoms with Crippen molar-refractivity contribution in [1.29, 1.82) is 0 Å². The molecule has 3 rings (SSSR count). The van der Waals surface area contributed by atoms with Crippen LogP contribution in [0.3, 0.4) is 0 Å². The van der Waals surface area contributed by atoms with Crippen LogP contribution in [-0.2, 0) is 9.53 Å². The van der Waals surface area contributed by atoms with Crippen LogP contribution >= 0.6 is 0 Å². The highest BCUT2D eigenvalue weighted by atomic mass is 16.7. The van der Waals surface area contributed by atoms with Crippen LogP contribution in [0.2, 0.25) is 0 Å². The zero-order chi connectivity index (χ0) is 16.9. The van der Waals surface area contributed by atoms with E-state index in [0.717, 1.165) is 41.4 Å². The van der Waals surface area contributed by atoms with E-state index in [1.54, 1.807) is 6.20 Å². The third-order valence-corrected chi connectivity index (χ3v) is 3.80. The predicted molar refractivity (Wildman–Crippen MR) is 87.8 cm³/mol. The quantitative estimate of drug-likeness (QED) is 0.814. The Morgan fingerprint density at radius 3 is 3.04 bits per heavy atom. The van der Waals surface area contributed by atoms with E-state index >= 15 is 0 Å². The van der Waals surface area contributed by atoms with Crippen LogP contribution in [0, 0.1) is 0 Å². The molecule has 2 N–H and O–H groups in total. The van der Waals surface area contributed by atoms with E-state index in [1.165, 1.54) is 7.11 Å². The molecule has 0 radical (unpaired) electrons. The maximum Gasteiger partial charge on any atom is 0.246 e. The van der Waals surface area contributed by atoms with Gasteiger partial charge in [-0.25, -0.2) is 4.98 Å². The zero-order valence-corrected chi connectivity index (χ0v) is 13.8. The van der Waals surface area contributed by atoms with Gasteiger partial charge in [-0.2, -0.15) is 0 Å². The molecule has 0 saturated heterocycles. The van der Waals surface area contributed by atoms with Crippen molar-refractivity contribution in [2.75, 3.05) is 20.5 Å². The molecule has 128 valence electrons. The Hall–Kier alpha value is -2.54. The minimum atomic E-state index is -0.166. The van der Waals surface area contributed by atoms with Crippen molar-refractivity contribution in [3.63, 3.8) is 0 Å². The molecule has 2 aromatic rings. The highest BCUT2D eigenvalue weighted by Crippen LogP contribution is 2.35. The minimum absolute atomic E-state index is 0.0376. The summed E-state index contributed by atoms with van der Waals surface area (Å²) >= 11 is 0. The lowest BCUT2D eigenvalue weighted by molar-refractivity contribution is -0.125. The van der Waals surface area contributed by atoms with E-state index in [2.05, 4.69) is 22.2 Å². The van der Waals surface area contributed by atoms with Gasteiger partial charge in [-0.05, 0) is 24.6 Å². The van der Waals surface area contributed by atoms with Gasteiger partial charge in [0.1, 0.15) is 12.4 Å². The lowest BCUT2D eigenvalue weighted by Crippen LogP contribution is -2.32. The van der Waals surface area contributed by atoms with Crippen LogP contribution in [-0.4, -0.2) is 36.4 Å². The summed E-state index contributed by atoms with van der Waals surface area (Å²) in [7, 11) is 1.50. The number of amides is 1. The number of carbonyl (C=O) groups excluding carboxylic acids is 1. The van der Waals surface area contributed by atoms with E-state index in [0.29, 0.717) is 0 Å². The van der Waals surface area contributed by atoms with Gasteiger partial charge >= 0.3 is 0 Å². The predicted octanol–water partition coefficient (Wildman–Crippen LogP) is 2.41. The summed E-state index contributed by atoms with van der Waals surface area (Å²) in [5, 5.41) is 2.94. The summed E-state index contributed by atoms with van der Waals surface area (Å²) in [5.74, 6) is 2.04. The topological polar surface area (TPSA) is 85.5 Å². The van der Waals surface area contributed by atoms with Crippen molar-refractivity contribution < 1.29 is 19.0 Å². The number of hydrogen-bond donors (Lipinski definition) is 2. The van der Waals surface area contributed by atoms with Crippen LogP contribution in [0.15, 0.2) is 24.4 Å². The van der Waals surface area contributed by atoms with Crippen LogP contribution in [0.25, 0.3) is 11.3 Å². The Morgan fingerprint density at radius 1 is 1.42 bits per heavy atom. The fraction of sp³-hybridized carbons (Fsp3) is 0.412. The Kier molecular flexibility index (Phi) is 5.00. The lowest BCUT2D eigenvalue weighted by atomic mass is 10.1. The fourth-order valence-corrected chi connectivity index (χ4v) is 2.66. The van der Waals surface area contributed by atoms with E-state index in [9.17, 15) is 4.79 Å². The Morgan fingerprint density at radius 2 is 2.25 bits per heavy atom. The summed E-state index contributed by atoms with van der Waals surface area (Å²) in [4.78, 5) is 19.5. The number of fused-ring (bicyclic) bond motifs is 1. The van der Waals surface area contributed by atoms with Gasteiger partial charge in [0.25, 0.3) is 0 Å². The van der Waals surface area contributed by atoms with Gasteiger partial charge in [0.15, 0.2) is 11.5 Å². The molecule has 1 aromatic carbocycles. The molecule has 0 unspecified atom stereocenters. The second-order valence-corrected chi connectivity index (χ2v) is 5.59. The largest absolute Gasteiger partial charge is 0.454 e. The average molecular weight is 331 g/mol. The molecule has 1 aromatic heterocycles. The number of imidazole rings is 1. The first-order valence-electron chi connectivity index (χ1n) is 7.94. The third kappa shape index (κ3) is 3.51. The Bertz CT molecular complexity index is 714. The zero-order valence-electron chi connectivity index (χ0n) is 13.8. The monoisotopic (exact) mass is 331 g/mol. The first-order chi connectivity index (χ1) is 11.7. The molecule has 2 heterocycles. The van der Waals surface area contributed by atoms with Gasteiger partial charge in [-0.15, -0.1) is 0 Å². The van der Waals surface area contributed by atoms with Crippen molar-refractivity contribution >= 4 is 5.91 Å². The number of rotatable bonds is 7. The number of carbonyl (C=O) groups is 1. The van der Waals surface area contributed by atoms with Gasteiger partial charge in [-0.1, -0.05) is 13.3 Å². The van der Waals surface area contributed by atoms with Gasteiger partial charge in [0, 0.05) is 12.7 Å². The third-order valence-electron chi connectivity index (χ3n) is 3.80. The Balaban J connectivity index is 1.78. The van der Waals surface area contributed by atoms with Crippen molar-refractivity contribution in [3.05, 3.63) is 30.2 Å². The molecule has 1 amide bonds. The van der Waals surface area contributed by atoms with Gasteiger partial charge in [-0.3, -0.25) is 4.79 Å². The normalized spacial score (nSPS) is 13.8. The van der Waals surface area contributed by atoms with Crippen molar-refractivity contribution in [1.82, 2.24) is 15.3 Å². The van der Waals surface area contributed by atoms with Crippen LogP contribution in [0.5, 0.6) is 11.5 Å². The highest BCUT2D eigenvalue weighted by Gasteiger charge is 2.19. The fourth-order valence-electron chi connectivity index (χ4n) is 2.66. The van der Waals surface area contributed by atoms with Crippen LogP contribution in [0.1, 0.15) is 31.6 Å². The van der Waals surface area contributed by atoms with Crippen LogP contribution < -0.4 is 14.8 Å². The van der Waals surface area contributed by atoms with Gasteiger partial charge in [0.05, 0.1) is 17.9 Å². The Labute approximate surface area is 140 Å². The number of hydrogen-bond acceptors (Lipinski definition) is 5.